The fraction of sp³-hybridized carbons (Fsp3) is 0.548. The maximum absolute atomic E-state index is 13.8. The normalized spacial score (nSPS) is 23.3. The van der Waals surface area contributed by atoms with Gasteiger partial charge in [0, 0.05) is 42.2 Å². The molecule has 4 atom stereocenters. The Bertz CT molecular complexity index is 1420. The summed E-state index contributed by atoms with van der Waals surface area (Å²) in [5.41, 5.74) is -1.07. The first kappa shape index (κ1) is 33.3. The molecular weight excluding hydrogens is 599 g/mol. The van der Waals surface area contributed by atoms with E-state index in [0.717, 1.165) is 23.4 Å². The van der Waals surface area contributed by atoms with Crippen LogP contribution in [0, 0.1) is 5.92 Å². The number of likely N-dealkylation sites (tertiary alicyclic amines) is 1. The van der Waals surface area contributed by atoms with E-state index >= 15 is 0 Å². The lowest BCUT2D eigenvalue weighted by Crippen LogP contribution is -2.53. The van der Waals surface area contributed by atoms with Gasteiger partial charge < -0.3 is 14.7 Å². The van der Waals surface area contributed by atoms with Crippen molar-refractivity contribution in [3.8, 4) is 0 Å². The molecule has 2 aromatic rings. The summed E-state index contributed by atoms with van der Waals surface area (Å²) in [6.45, 7) is 4.53. The van der Waals surface area contributed by atoms with Crippen LogP contribution >= 0.6 is 11.8 Å². The first-order valence-electron chi connectivity index (χ1n) is 14.5. The van der Waals surface area contributed by atoms with Crippen LogP contribution in [0.1, 0.15) is 55.5 Å². The first-order chi connectivity index (χ1) is 20.1. The Morgan fingerprint density at radius 2 is 1.74 bits per heavy atom. The standard InChI is InChI=1S/C31H40F3N3O4S2/c1-20(2)35(3)24-9-14-27(22(18-24)19-43(40,41)26-12-10-25(42-5)11-13-26)37-16-15-28(30(37)39)36(4)29(38)21-7-6-8-23(17-21)31(32,33)34/h6-8,10-13,17,20,22,24,27-28H,9,14-16,18-19H2,1-5H3/t22?,24?,27?,28-/m0/s1. The number of carbonyl (C=O) groups excluding carboxylic acids is 2. The molecular formula is C31H40F3N3O4S2. The number of likely N-dealkylation sites (N-methyl/N-ethyl adjacent to an activating group) is 1. The summed E-state index contributed by atoms with van der Waals surface area (Å²) in [6.07, 6.45) is -0.324. The van der Waals surface area contributed by atoms with Crippen LogP contribution in [0.15, 0.2) is 58.3 Å². The molecule has 1 aliphatic heterocycles. The van der Waals surface area contributed by atoms with Crippen LogP contribution in [-0.2, 0) is 20.8 Å². The van der Waals surface area contributed by atoms with E-state index in [4.69, 9.17) is 0 Å². The number of halogens is 3. The van der Waals surface area contributed by atoms with E-state index < -0.39 is 33.5 Å². The molecule has 0 radical (unpaired) electrons. The van der Waals surface area contributed by atoms with Crippen LogP contribution in [0.5, 0.6) is 0 Å². The fourth-order valence-electron chi connectivity index (χ4n) is 6.31. The fourth-order valence-corrected chi connectivity index (χ4v) is 8.39. The quantitative estimate of drug-likeness (QED) is 0.340. The highest BCUT2D eigenvalue weighted by Crippen LogP contribution is 2.37. The average molecular weight is 640 g/mol. The van der Waals surface area contributed by atoms with Gasteiger partial charge in [0.25, 0.3) is 5.91 Å². The minimum atomic E-state index is -4.59. The zero-order valence-corrected chi connectivity index (χ0v) is 26.8. The number of carbonyl (C=O) groups is 2. The van der Waals surface area contributed by atoms with Gasteiger partial charge in [-0.3, -0.25) is 9.59 Å². The number of hydrogen-bond acceptors (Lipinski definition) is 6. The number of amides is 2. The third-order valence-corrected chi connectivity index (χ3v) is 11.6. The molecule has 236 valence electrons. The van der Waals surface area contributed by atoms with E-state index in [9.17, 15) is 31.2 Å². The van der Waals surface area contributed by atoms with Crippen LogP contribution < -0.4 is 0 Å². The Labute approximate surface area is 256 Å². The van der Waals surface area contributed by atoms with Gasteiger partial charge in [-0.1, -0.05) is 6.07 Å². The first-order valence-corrected chi connectivity index (χ1v) is 17.4. The minimum Gasteiger partial charge on any atom is -0.338 e. The van der Waals surface area contributed by atoms with Gasteiger partial charge in [-0.15, -0.1) is 11.8 Å². The summed E-state index contributed by atoms with van der Waals surface area (Å²) in [4.78, 5) is 33.3. The van der Waals surface area contributed by atoms with Crippen molar-refractivity contribution in [1.29, 1.82) is 0 Å². The van der Waals surface area contributed by atoms with E-state index in [1.54, 1.807) is 29.2 Å². The third kappa shape index (κ3) is 7.39. The second-order valence-corrected chi connectivity index (χ2v) is 14.8. The van der Waals surface area contributed by atoms with Gasteiger partial charge >= 0.3 is 6.18 Å². The molecule has 1 heterocycles. The summed E-state index contributed by atoms with van der Waals surface area (Å²) in [7, 11) is -0.183. The van der Waals surface area contributed by atoms with Gasteiger partial charge in [-0.25, -0.2) is 8.42 Å². The number of thioether (sulfide) groups is 1. The number of benzene rings is 2. The Hall–Kier alpha value is -2.57. The molecule has 4 rings (SSSR count). The molecule has 2 aliphatic rings. The summed E-state index contributed by atoms with van der Waals surface area (Å²) < 4.78 is 66.9. The molecule has 43 heavy (non-hydrogen) atoms. The van der Waals surface area contributed by atoms with E-state index in [2.05, 4.69) is 18.7 Å². The zero-order chi connectivity index (χ0) is 31.7. The molecule has 0 bridgehead atoms. The van der Waals surface area contributed by atoms with Crippen LogP contribution in [0.25, 0.3) is 0 Å². The molecule has 0 N–H and O–H groups in total. The second-order valence-electron chi connectivity index (χ2n) is 11.8. The second kappa shape index (κ2) is 13.2. The number of alkyl halides is 3. The van der Waals surface area contributed by atoms with Crippen molar-refractivity contribution in [2.75, 3.05) is 32.6 Å². The SMILES string of the molecule is CSc1ccc(S(=O)(=O)CC2CC(N(C)C(C)C)CCC2N2CC[C@H](N(C)C(=O)c3cccc(C(F)(F)F)c3)C2=O)cc1. The highest BCUT2D eigenvalue weighted by molar-refractivity contribution is 7.98. The van der Waals surface area contributed by atoms with Crippen molar-refractivity contribution in [3.63, 3.8) is 0 Å². The lowest BCUT2D eigenvalue weighted by molar-refractivity contribution is -0.137. The molecule has 2 aromatic carbocycles. The van der Waals surface area contributed by atoms with Crippen LogP contribution in [-0.4, -0.2) is 91.7 Å². The zero-order valence-electron chi connectivity index (χ0n) is 25.2. The monoisotopic (exact) mass is 639 g/mol. The molecule has 0 spiro atoms. The van der Waals surface area contributed by atoms with Gasteiger partial charge in [0.15, 0.2) is 9.84 Å². The van der Waals surface area contributed by atoms with Gasteiger partial charge in [0.2, 0.25) is 5.91 Å². The van der Waals surface area contributed by atoms with Crippen molar-refractivity contribution >= 4 is 33.4 Å². The molecule has 1 saturated heterocycles. The Balaban J connectivity index is 1.55. The lowest BCUT2D eigenvalue weighted by atomic mass is 9.81. The smallest absolute Gasteiger partial charge is 0.338 e. The highest BCUT2D eigenvalue weighted by Gasteiger charge is 2.45. The minimum absolute atomic E-state index is 0.105. The van der Waals surface area contributed by atoms with Gasteiger partial charge in [0.1, 0.15) is 6.04 Å². The predicted molar refractivity (Wildman–Crippen MR) is 162 cm³/mol. The Kier molecular flexibility index (Phi) is 10.2. The van der Waals surface area contributed by atoms with Crippen molar-refractivity contribution in [2.24, 2.45) is 5.92 Å². The van der Waals surface area contributed by atoms with Gasteiger partial charge in [-0.05, 0) is 101 Å². The number of rotatable bonds is 9. The Morgan fingerprint density at radius 1 is 1.07 bits per heavy atom. The summed E-state index contributed by atoms with van der Waals surface area (Å²) in [5.74, 6) is -1.39. The summed E-state index contributed by atoms with van der Waals surface area (Å²) >= 11 is 1.53. The topological polar surface area (TPSA) is 78.0 Å². The largest absolute Gasteiger partial charge is 0.416 e. The van der Waals surface area contributed by atoms with Crippen LogP contribution in [0.2, 0.25) is 0 Å². The molecule has 2 amide bonds. The number of sulfone groups is 1. The van der Waals surface area contributed by atoms with E-state index in [0.29, 0.717) is 25.8 Å². The Morgan fingerprint density at radius 3 is 2.35 bits per heavy atom. The molecule has 1 aliphatic carbocycles. The molecule has 12 heteroatoms. The lowest BCUT2D eigenvalue weighted by Gasteiger charge is -2.44. The summed E-state index contributed by atoms with van der Waals surface area (Å²) in [6, 6.07) is 10.3. The van der Waals surface area contributed by atoms with Crippen molar-refractivity contribution in [1.82, 2.24) is 14.7 Å². The van der Waals surface area contributed by atoms with Crippen LogP contribution in [0.4, 0.5) is 13.2 Å². The highest BCUT2D eigenvalue weighted by atomic mass is 32.2. The van der Waals surface area contributed by atoms with E-state index in [1.807, 2.05) is 13.3 Å². The van der Waals surface area contributed by atoms with E-state index in [1.165, 1.54) is 35.8 Å². The van der Waals surface area contributed by atoms with Crippen molar-refractivity contribution < 1.29 is 31.2 Å². The average Bonchev–Trinajstić information content (AvgIpc) is 3.36. The van der Waals surface area contributed by atoms with Gasteiger partial charge in [0.05, 0.1) is 16.2 Å². The van der Waals surface area contributed by atoms with E-state index in [-0.39, 0.29) is 46.2 Å². The van der Waals surface area contributed by atoms with Crippen LogP contribution in [0.3, 0.4) is 0 Å². The number of hydrogen-bond donors (Lipinski definition) is 0. The number of nitrogens with zero attached hydrogens (tertiary/aromatic N) is 3. The van der Waals surface area contributed by atoms with Crippen molar-refractivity contribution in [3.05, 3.63) is 59.7 Å². The summed E-state index contributed by atoms with van der Waals surface area (Å²) in [5, 5.41) is 0. The van der Waals surface area contributed by atoms with Gasteiger partial charge in [-0.2, -0.15) is 13.2 Å². The van der Waals surface area contributed by atoms with Crippen molar-refractivity contribution in [2.45, 2.75) is 79.7 Å². The third-order valence-electron chi connectivity index (χ3n) is 8.99. The molecule has 0 aromatic heterocycles. The molecule has 7 nitrogen and oxygen atoms in total. The maximum Gasteiger partial charge on any atom is 0.416 e. The predicted octanol–water partition coefficient (Wildman–Crippen LogP) is 5.45. The molecule has 3 unspecified atom stereocenters. The molecule has 2 fully saturated rings. The molecule has 1 saturated carbocycles. The maximum atomic E-state index is 13.8.